The minimum Gasteiger partial charge on any atom is -0.461 e. The van der Waals surface area contributed by atoms with Gasteiger partial charge in [-0.1, -0.05) is 54.2 Å². The van der Waals surface area contributed by atoms with Gasteiger partial charge >= 0.3 is 0 Å². The molecule has 4 aromatic rings. The molecule has 4 rings (SSSR count). The number of furan rings is 1. The Morgan fingerprint density at radius 1 is 1.06 bits per heavy atom. The second-order valence-corrected chi connectivity index (χ2v) is 10.7. The average Bonchev–Trinajstić information content (AvgIpc) is 3.48. The molecule has 34 heavy (non-hydrogen) atoms. The van der Waals surface area contributed by atoms with Crippen molar-refractivity contribution in [2.24, 2.45) is 0 Å². The Morgan fingerprint density at radius 2 is 1.79 bits per heavy atom. The lowest BCUT2D eigenvalue weighted by Gasteiger charge is -2.15. The van der Waals surface area contributed by atoms with E-state index < -0.39 is 9.84 Å². The maximum absolute atomic E-state index is 12.6. The van der Waals surface area contributed by atoms with Crippen molar-refractivity contribution in [3.63, 3.8) is 0 Å². The molecule has 0 aliphatic carbocycles. The molecule has 0 spiro atoms. The fourth-order valence-corrected chi connectivity index (χ4v) is 4.77. The Morgan fingerprint density at radius 3 is 2.44 bits per heavy atom. The minimum atomic E-state index is -3.26. The van der Waals surface area contributed by atoms with Crippen molar-refractivity contribution < 1.29 is 17.6 Å². The SMILES string of the molecule is C[C@@H](NC(=O)CSc1nnc(-c2ccco2)n1Cc1ccccc1)c1ccc(S(C)(=O)=O)cc1. The standard InChI is InChI=1S/C24H24N4O4S2/c1-17(19-10-12-20(13-11-19)34(2,30)31)25-22(29)16-33-24-27-26-23(21-9-6-14-32-21)28(24)15-18-7-4-3-5-8-18/h3-14,17H,15-16H2,1-2H3,(H,25,29)/t17-/m1/s1. The van der Waals surface area contributed by atoms with E-state index in [1.807, 2.05) is 47.9 Å². The maximum Gasteiger partial charge on any atom is 0.230 e. The van der Waals surface area contributed by atoms with Gasteiger partial charge < -0.3 is 9.73 Å². The van der Waals surface area contributed by atoms with Crippen molar-refractivity contribution in [2.75, 3.05) is 12.0 Å². The van der Waals surface area contributed by atoms with Crippen molar-refractivity contribution in [3.8, 4) is 11.6 Å². The average molecular weight is 497 g/mol. The van der Waals surface area contributed by atoms with Crippen LogP contribution in [0.4, 0.5) is 0 Å². The maximum atomic E-state index is 12.6. The van der Waals surface area contributed by atoms with Crippen LogP contribution in [0.25, 0.3) is 11.6 Å². The number of sulfone groups is 1. The molecular weight excluding hydrogens is 472 g/mol. The number of nitrogens with zero attached hydrogens (tertiary/aromatic N) is 3. The molecule has 2 aromatic heterocycles. The van der Waals surface area contributed by atoms with Gasteiger partial charge in [-0.2, -0.15) is 0 Å². The number of amides is 1. The van der Waals surface area contributed by atoms with E-state index in [0.717, 1.165) is 17.4 Å². The fraction of sp³-hybridized carbons (Fsp3) is 0.208. The van der Waals surface area contributed by atoms with E-state index in [1.165, 1.54) is 11.8 Å². The van der Waals surface area contributed by atoms with Crippen molar-refractivity contribution >= 4 is 27.5 Å². The summed E-state index contributed by atoms with van der Waals surface area (Å²) < 4.78 is 30.7. The summed E-state index contributed by atoms with van der Waals surface area (Å²) >= 11 is 1.29. The number of carbonyl (C=O) groups is 1. The molecular formula is C24H24N4O4S2. The molecule has 0 aliphatic rings. The highest BCUT2D eigenvalue weighted by Gasteiger charge is 2.19. The smallest absolute Gasteiger partial charge is 0.230 e. The number of carbonyl (C=O) groups excluding carboxylic acids is 1. The first-order chi connectivity index (χ1) is 16.3. The Bertz CT molecular complexity index is 1350. The van der Waals surface area contributed by atoms with Crippen molar-refractivity contribution in [1.29, 1.82) is 0 Å². The Labute approximate surface area is 202 Å². The monoisotopic (exact) mass is 496 g/mol. The highest BCUT2D eigenvalue weighted by molar-refractivity contribution is 7.99. The molecule has 1 amide bonds. The minimum absolute atomic E-state index is 0.150. The van der Waals surface area contributed by atoms with E-state index >= 15 is 0 Å². The largest absolute Gasteiger partial charge is 0.461 e. The van der Waals surface area contributed by atoms with E-state index in [2.05, 4.69) is 15.5 Å². The predicted molar refractivity (Wildman–Crippen MR) is 130 cm³/mol. The molecule has 8 nitrogen and oxygen atoms in total. The zero-order valence-corrected chi connectivity index (χ0v) is 20.3. The van der Waals surface area contributed by atoms with Crippen LogP contribution < -0.4 is 5.32 Å². The molecule has 0 saturated heterocycles. The van der Waals surface area contributed by atoms with Gasteiger partial charge in [0.1, 0.15) is 0 Å². The van der Waals surface area contributed by atoms with E-state index in [0.29, 0.717) is 23.3 Å². The Kier molecular flexibility index (Phi) is 7.18. The molecule has 0 unspecified atom stereocenters. The van der Waals surface area contributed by atoms with Crippen LogP contribution >= 0.6 is 11.8 Å². The summed E-state index contributed by atoms with van der Waals surface area (Å²) in [5, 5.41) is 12.1. The summed E-state index contributed by atoms with van der Waals surface area (Å²) in [5.41, 5.74) is 1.89. The zero-order valence-electron chi connectivity index (χ0n) is 18.7. The number of rotatable bonds is 9. The van der Waals surface area contributed by atoms with Gasteiger partial charge in [0.15, 0.2) is 20.8 Å². The molecule has 10 heteroatoms. The number of nitrogens with one attached hydrogen (secondary N) is 1. The number of thioether (sulfide) groups is 1. The Hall–Kier alpha value is -3.37. The third kappa shape index (κ3) is 5.75. The number of aromatic nitrogens is 3. The van der Waals surface area contributed by atoms with E-state index in [4.69, 9.17) is 4.42 Å². The van der Waals surface area contributed by atoms with E-state index in [-0.39, 0.29) is 22.6 Å². The third-order valence-electron chi connectivity index (χ3n) is 5.16. The van der Waals surface area contributed by atoms with Crippen LogP contribution in [-0.4, -0.2) is 41.1 Å². The second-order valence-electron chi connectivity index (χ2n) is 7.77. The zero-order chi connectivity index (χ0) is 24.1. The summed E-state index contributed by atoms with van der Waals surface area (Å²) in [5.74, 6) is 1.18. The van der Waals surface area contributed by atoms with Gasteiger partial charge in [0.2, 0.25) is 11.7 Å². The molecule has 1 N–H and O–H groups in total. The normalized spacial score (nSPS) is 12.4. The number of benzene rings is 2. The molecule has 0 fully saturated rings. The lowest BCUT2D eigenvalue weighted by molar-refractivity contribution is -0.119. The predicted octanol–water partition coefficient (Wildman–Crippen LogP) is 3.96. The van der Waals surface area contributed by atoms with Gasteiger partial charge in [-0.25, -0.2) is 8.42 Å². The molecule has 0 saturated carbocycles. The van der Waals surface area contributed by atoms with Gasteiger partial charge in [0.05, 0.1) is 29.5 Å². The van der Waals surface area contributed by atoms with Crippen LogP contribution in [-0.2, 0) is 21.2 Å². The number of hydrogen-bond donors (Lipinski definition) is 1. The summed E-state index contributed by atoms with van der Waals surface area (Å²) in [6.45, 7) is 2.39. The molecule has 0 radical (unpaired) electrons. The lowest BCUT2D eigenvalue weighted by atomic mass is 10.1. The summed E-state index contributed by atoms with van der Waals surface area (Å²) in [6.07, 6.45) is 2.75. The van der Waals surface area contributed by atoms with Gasteiger partial charge in [-0.05, 0) is 42.3 Å². The molecule has 2 heterocycles. The third-order valence-corrected chi connectivity index (χ3v) is 7.26. The molecule has 0 aliphatic heterocycles. The van der Waals surface area contributed by atoms with Crippen LogP contribution in [0, 0.1) is 0 Å². The molecule has 2 aromatic carbocycles. The van der Waals surface area contributed by atoms with Crippen molar-refractivity contribution in [3.05, 3.63) is 84.1 Å². The lowest BCUT2D eigenvalue weighted by Crippen LogP contribution is -2.28. The van der Waals surface area contributed by atoms with E-state index in [9.17, 15) is 13.2 Å². The van der Waals surface area contributed by atoms with Gasteiger partial charge in [0.25, 0.3) is 0 Å². The van der Waals surface area contributed by atoms with Crippen LogP contribution in [0.1, 0.15) is 24.1 Å². The number of hydrogen-bond acceptors (Lipinski definition) is 7. The summed E-state index contributed by atoms with van der Waals surface area (Å²) in [4.78, 5) is 12.9. The first-order valence-electron chi connectivity index (χ1n) is 10.5. The van der Waals surface area contributed by atoms with Gasteiger partial charge in [-0.3, -0.25) is 9.36 Å². The van der Waals surface area contributed by atoms with Gasteiger partial charge in [-0.15, -0.1) is 10.2 Å². The van der Waals surface area contributed by atoms with Crippen LogP contribution in [0.2, 0.25) is 0 Å². The van der Waals surface area contributed by atoms with Crippen LogP contribution in [0.15, 0.2) is 87.5 Å². The molecule has 1 atom stereocenters. The quantitative estimate of drug-likeness (QED) is 0.350. The highest BCUT2D eigenvalue weighted by Crippen LogP contribution is 2.26. The Balaban J connectivity index is 1.44. The fourth-order valence-electron chi connectivity index (χ4n) is 3.39. The topological polar surface area (TPSA) is 107 Å². The first-order valence-corrected chi connectivity index (χ1v) is 13.4. The highest BCUT2D eigenvalue weighted by atomic mass is 32.2. The van der Waals surface area contributed by atoms with Gasteiger partial charge in [0, 0.05) is 6.26 Å². The summed E-state index contributed by atoms with van der Waals surface area (Å²) in [6, 6.07) is 19.8. The second kappa shape index (κ2) is 10.3. The van der Waals surface area contributed by atoms with Crippen LogP contribution in [0.5, 0.6) is 0 Å². The molecule has 0 bridgehead atoms. The first kappa shape index (κ1) is 23.8. The van der Waals surface area contributed by atoms with Crippen molar-refractivity contribution in [2.45, 2.75) is 29.6 Å². The van der Waals surface area contributed by atoms with Crippen LogP contribution in [0.3, 0.4) is 0 Å². The van der Waals surface area contributed by atoms with Crippen molar-refractivity contribution in [1.82, 2.24) is 20.1 Å². The molecule has 176 valence electrons. The summed E-state index contributed by atoms with van der Waals surface area (Å²) in [7, 11) is -3.26. The van der Waals surface area contributed by atoms with E-state index in [1.54, 1.807) is 36.6 Å².